The lowest BCUT2D eigenvalue weighted by atomic mass is 10.1. The quantitative estimate of drug-likeness (QED) is 0.613. The molecular formula is C14H13ClFN3O4. The number of carbonyl (C=O) groups excluding carboxylic acids is 1. The molecule has 0 bridgehead atoms. The van der Waals surface area contributed by atoms with Crippen LogP contribution in [0.4, 0.5) is 4.39 Å². The molecule has 0 aliphatic carbocycles. The van der Waals surface area contributed by atoms with E-state index in [0.29, 0.717) is 6.29 Å². The van der Waals surface area contributed by atoms with E-state index in [9.17, 15) is 9.18 Å². The van der Waals surface area contributed by atoms with Gasteiger partial charge in [-0.15, -0.1) is 0 Å². The molecule has 2 fully saturated rings. The molecule has 2 saturated heterocycles. The second-order valence-electron chi connectivity index (χ2n) is 5.94. The average molecular weight is 342 g/mol. The minimum absolute atomic E-state index is 0.0108. The van der Waals surface area contributed by atoms with Gasteiger partial charge in [0.05, 0.1) is 5.39 Å². The Bertz CT molecular complexity index is 796. The van der Waals surface area contributed by atoms with Crippen LogP contribution in [0.1, 0.15) is 20.1 Å². The first-order valence-electron chi connectivity index (χ1n) is 7.04. The van der Waals surface area contributed by atoms with E-state index in [0.717, 1.165) is 0 Å². The third-order valence-corrected chi connectivity index (χ3v) is 4.28. The third kappa shape index (κ3) is 2.17. The lowest BCUT2D eigenvalue weighted by molar-refractivity contribution is -0.194. The minimum atomic E-state index is -0.854. The van der Waals surface area contributed by atoms with Crippen LogP contribution in [0.2, 0.25) is 5.15 Å². The first-order valence-corrected chi connectivity index (χ1v) is 7.42. The lowest BCUT2D eigenvalue weighted by Gasteiger charge is -2.23. The average Bonchev–Trinajstić information content (AvgIpc) is 3.08. The minimum Gasteiger partial charge on any atom is -0.342 e. The van der Waals surface area contributed by atoms with Gasteiger partial charge < -0.3 is 23.6 Å². The second kappa shape index (κ2) is 4.94. The maximum Gasteiger partial charge on any atom is 0.165 e. The predicted molar refractivity (Wildman–Crippen MR) is 76.3 cm³/mol. The van der Waals surface area contributed by atoms with Crippen molar-refractivity contribution in [2.75, 3.05) is 0 Å². The highest BCUT2D eigenvalue weighted by Gasteiger charge is 2.56. The standard InChI is InChI=1S/C14H13ClFN3O4/c1-14(2)22-9-7(4-20)21-13(10(9)23-14)19-3-6(16)8-11(15)17-5-18-12(8)19/h3-5,7,9-10,13H,1-2H3/t7-,9-,10-,13-/m1/s1. The fraction of sp³-hybridized carbons (Fsp3) is 0.500. The number of rotatable bonds is 2. The molecule has 0 saturated carbocycles. The number of hydrogen-bond donors (Lipinski definition) is 0. The highest BCUT2D eigenvalue weighted by Crippen LogP contribution is 2.43. The summed E-state index contributed by atoms with van der Waals surface area (Å²) in [5.74, 6) is -1.43. The fourth-order valence-corrected chi connectivity index (χ4v) is 3.36. The summed E-state index contributed by atoms with van der Waals surface area (Å²) in [5.41, 5.74) is 0.270. The molecule has 2 aliphatic heterocycles. The second-order valence-corrected chi connectivity index (χ2v) is 6.30. The summed E-state index contributed by atoms with van der Waals surface area (Å²) >= 11 is 5.94. The van der Waals surface area contributed by atoms with Crippen molar-refractivity contribution in [2.45, 2.75) is 44.2 Å². The number of halogens is 2. The maximum atomic E-state index is 14.2. The van der Waals surface area contributed by atoms with E-state index in [1.54, 1.807) is 13.8 Å². The summed E-state index contributed by atoms with van der Waals surface area (Å²) in [6.07, 6.45) is 0.426. The first-order chi connectivity index (χ1) is 10.9. The Balaban J connectivity index is 1.82. The molecule has 122 valence electrons. The van der Waals surface area contributed by atoms with Crippen molar-refractivity contribution in [2.24, 2.45) is 0 Å². The zero-order chi connectivity index (χ0) is 16.4. The van der Waals surface area contributed by atoms with Crippen molar-refractivity contribution < 1.29 is 23.4 Å². The lowest BCUT2D eigenvalue weighted by Crippen LogP contribution is -2.30. The van der Waals surface area contributed by atoms with E-state index in [-0.39, 0.29) is 16.2 Å². The summed E-state index contributed by atoms with van der Waals surface area (Å²) in [7, 11) is 0. The third-order valence-electron chi connectivity index (χ3n) is 3.99. The molecule has 0 spiro atoms. The Kier molecular flexibility index (Phi) is 3.21. The van der Waals surface area contributed by atoms with Gasteiger partial charge in [-0.3, -0.25) is 0 Å². The molecule has 0 aromatic carbocycles. The number of ether oxygens (including phenoxy) is 3. The number of aldehydes is 1. The number of fused-ring (bicyclic) bond motifs is 2. The van der Waals surface area contributed by atoms with Gasteiger partial charge in [-0.1, -0.05) is 11.6 Å². The molecule has 4 heterocycles. The molecule has 0 amide bonds. The normalized spacial score (nSPS) is 32.3. The van der Waals surface area contributed by atoms with Crippen LogP contribution in [0, 0.1) is 5.82 Å². The zero-order valence-electron chi connectivity index (χ0n) is 12.3. The molecule has 4 rings (SSSR count). The summed E-state index contributed by atoms with van der Waals surface area (Å²) in [4.78, 5) is 19.1. The fourth-order valence-electron chi connectivity index (χ4n) is 3.14. The molecule has 23 heavy (non-hydrogen) atoms. The zero-order valence-corrected chi connectivity index (χ0v) is 13.0. The summed E-state index contributed by atoms with van der Waals surface area (Å²) in [6, 6.07) is 0. The van der Waals surface area contributed by atoms with Crippen LogP contribution in [0.25, 0.3) is 11.0 Å². The Labute approximate surface area is 135 Å². The van der Waals surface area contributed by atoms with E-state index in [1.807, 2.05) is 0 Å². The predicted octanol–water partition coefficient (Wildman–Crippen LogP) is 1.84. The highest BCUT2D eigenvalue weighted by molar-refractivity contribution is 6.34. The largest absolute Gasteiger partial charge is 0.342 e. The number of nitrogens with zero attached hydrogens (tertiary/aromatic N) is 3. The van der Waals surface area contributed by atoms with Crippen LogP contribution >= 0.6 is 11.6 Å². The molecule has 0 N–H and O–H groups in total. The van der Waals surface area contributed by atoms with E-state index < -0.39 is 36.1 Å². The molecule has 7 nitrogen and oxygen atoms in total. The van der Waals surface area contributed by atoms with Gasteiger partial charge in [0.25, 0.3) is 0 Å². The van der Waals surface area contributed by atoms with Crippen molar-refractivity contribution in [1.82, 2.24) is 14.5 Å². The van der Waals surface area contributed by atoms with Gasteiger partial charge in [-0.2, -0.15) is 0 Å². The molecule has 4 atom stereocenters. The van der Waals surface area contributed by atoms with Crippen LogP contribution in [-0.4, -0.2) is 44.9 Å². The SMILES string of the molecule is CC1(C)O[C@@H]2[C@H](O1)[C@@H](C=O)O[C@H]2n1cc(F)c2c(Cl)ncnc21. The topological polar surface area (TPSA) is 75.5 Å². The molecular weight excluding hydrogens is 329 g/mol. The van der Waals surface area contributed by atoms with Crippen LogP contribution < -0.4 is 0 Å². The Morgan fingerprint density at radius 2 is 2.09 bits per heavy atom. The van der Waals surface area contributed by atoms with Crippen LogP contribution in [0.5, 0.6) is 0 Å². The van der Waals surface area contributed by atoms with Crippen molar-refractivity contribution >= 4 is 28.9 Å². The summed E-state index contributed by atoms with van der Waals surface area (Å²) in [5, 5.41) is 0.110. The van der Waals surface area contributed by atoms with Crippen LogP contribution in [0.15, 0.2) is 12.5 Å². The van der Waals surface area contributed by atoms with Gasteiger partial charge >= 0.3 is 0 Å². The van der Waals surface area contributed by atoms with Gasteiger partial charge in [0.2, 0.25) is 0 Å². The van der Waals surface area contributed by atoms with E-state index in [4.69, 9.17) is 25.8 Å². The van der Waals surface area contributed by atoms with Gasteiger partial charge in [0.15, 0.2) is 24.1 Å². The maximum absolute atomic E-state index is 14.2. The van der Waals surface area contributed by atoms with Crippen molar-refractivity contribution in [1.29, 1.82) is 0 Å². The van der Waals surface area contributed by atoms with Gasteiger partial charge in [0.1, 0.15) is 35.4 Å². The van der Waals surface area contributed by atoms with Crippen molar-refractivity contribution in [3.8, 4) is 0 Å². The first kappa shape index (κ1) is 14.9. The smallest absolute Gasteiger partial charge is 0.165 e. The highest BCUT2D eigenvalue weighted by atomic mass is 35.5. The van der Waals surface area contributed by atoms with Crippen LogP contribution in [0.3, 0.4) is 0 Å². The van der Waals surface area contributed by atoms with Crippen LogP contribution in [-0.2, 0) is 19.0 Å². The molecule has 2 aromatic rings. The van der Waals surface area contributed by atoms with E-state index in [1.165, 1.54) is 17.1 Å². The number of aromatic nitrogens is 3. The summed E-state index contributed by atoms with van der Waals surface area (Å²) < 4.78 is 32.9. The molecule has 0 unspecified atom stereocenters. The Morgan fingerprint density at radius 3 is 2.83 bits per heavy atom. The summed E-state index contributed by atoms with van der Waals surface area (Å²) in [6.45, 7) is 3.50. The Morgan fingerprint density at radius 1 is 1.35 bits per heavy atom. The molecule has 2 aliphatic rings. The molecule has 0 radical (unpaired) electrons. The van der Waals surface area contributed by atoms with Crippen molar-refractivity contribution in [3.05, 3.63) is 23.5 Å². The molecule has 9 heteroatoms. The van der Waals surface area contributed by atoms with E-state index >= 15 is 0 Å². The van der Waals surface area contributed by atoms with E-state index in [2.05, 4.69) is 9.97 Å². The molecule has 2 aromatic heterocycles. The Hall–Kier alpha value is -1.61. The van der Waals surface area contributed by atoms with Crippen molar-refractivity contribution in [3.63, 3.8) is 0 Å². The number of carbonyl (C=O) groups is 1. The van der Waals surface area contributed by atoms with Gasteiger partial charge in [0, 0.05) is 6.20 Å². The van der Waals surface area contributed by atoms with Gasteiger partial charge in [-0.25, -0.2) is 14.4 Å². The number of hydrogen-bond acceptors (Lipinski definition) is 6. The monoisotopic (exact) mass is 341 g/mol. The van der Waals surface area contributed by atoms with Gasteiger partial charge in [-0.05, 0) is 13.8 Å².